The van der Waals surface area contributed by atoms with Crippen molar-refractivity contribution in [3.63, 3.8) is 0 Å². The second kappa shape index (κ2) is 6.29. The molecule has 0 aliphatic carbocycles. The van der Waals surface area contributed by atoms with Gasteiger partial charge in [0.15, 0.2) is 0 Å². The van der Waals surface area contributed by atoms with Gasteiger partial charge in [-0.15, -0.1) is 11.3 Å². The zero-order valence-corrected chi connectivity index (χ0v) is 15.0. The van der Waals surface area contributed by atoms with Crippen molar-refractivity contribution in [3.8, 4) is 0 Å². The van der Waals surface area contributed by atoms with Gasteiger partial charge in [-0.05, 0) is 32.6 Å². The SMILES string of the molecule is Cc1nc(C(=O)N2C[C@H]3CC[C@@H]2CN(Cc2nc[nH]c2C)C3)cs1. The van der Waals surface area contributed by atoms with Crippen LogP contribution in [0.25, 0.3) is 0 Å². The van der Waals surface area contributed by atoms with Crippen molar-refractivity contribution in [3.05, 3.63) is 33.8 Å². The summed E-state index contributed by atoms with van der Waals surface area (Å²) in [7, 11) is 0. The molecule has 0 radical (unpaired) electrons. The number of nitrogens with one attached hydrogen (secondary N) is 1. The third-order valence-electron chi connectivity index (χ3n) is 5.20. The van der Waals surface area contributed by atoms with Crippen LogP contribution in [-0.4, -0.2) is 56.3 Å². The minimum absolute atomic E-state index is 0.104. The lowest BCUT2D eigenvalue weighted by Crippen LogP contribution is -2.47. The maximum atomic E-state index is 12.9. The summed E-state index contributed by atoms with van der Waals surface area (Å²) in [6.45, 7) is 7.70. The molecule has 2 aromatic rings. The number of carbonyl (C=O) groups is 1. The zero-order chi connectivity index (χ0) is 16.7. The van der Waals surface area contributed by atoms with Crippen LogP contribution >= 0.6 is 11.3 Å². The number of piperidine rings is 1. The Morgan fingerprint density at radius 2 is 2.21 bits per heavy atom. The van der Waals surface area contributed by atoms with E-state index in [4.69, 9.17) is 0 Å². The number of fused-ring (bicyclic) bond motifs is 4. The van der Waals surface area contributed by atoms with Gasteiger partial charge < -0.3 is 9.88 Å². The first-order valence-electron chi connectivity index (χ1n) is 8.54. The monoisotopic (exact) mass is 345 g/mol. The Kier molecular flexibility index (Phi) is 4.14. The minimum atomic E-state index is 0.104. The summed E-state index contributed by atoms with van der Waals surface area (Å²) in [5.41, 5.74) is 2.86. The molecular weight excluding hydrogens is 322 g/mol. The van der Waals surface area contributed by atoms with Crippen LogP contribution in [0, 0.1) is 19.8 Å². The predicted molar refractivity (Wildman–Crippen MR) is 93.0 cm³/mol. The first-order valence-corrected chi connectivity index (χ1v) is 9.42. The van der Waals surface area contributed by atoms with Gasteiger partial charge in [0, 0.05) is 43.3 Å². The molecule has 2 bridgehead atoms. The number of hydrogen-bond donors (Lipinski definition) is 1. The van der Waals surface area contributed by atoms with Crippen LogP contribution in [0.15, 0.2) is 11.7 Å². The van der Waals surface area contributed by atoms with E-state index in [9.17, 15) is 4.79 Å². The molecule has 7 heteroatoms. The molecule has 0 aromatic carbocycles. The van der Waals surface area contributed by atoms with Crippen molar-refractivity contribution in [2.45, 2.75) is 39.3 Å². The largest absolute Gasteiger partial charge is 0.348 e. The number of thiazole rings is 1. The van der Waals surface area contributed by atoms with Crippen molar-refractivity contribution in [1.82, 2.24) is 24.8 Å². The Labute approximate surface area is 145 Å². The molecule has 128 valence electrons. The van der Waals surface area contributed by atoms with Crippen LogP contribution in [0.5, 0.6) is 0 Å². The van der Waals surface area contributed by atoms with E-state index in [1.807, 2.05) is 12.3 Å². The van der Waals surface area contributed by atoms with Crippen molar-refractivity contribution < 1.29 is 4.79 Å². The highest BCUT2D eigenvalue weighted by Crippen LogP contribution is 2.30. The van der Waals surface area contributed by atoms with Gasteiger partial charge in [0.1, 0.15) is 5.69 Å². The maximum absolute atomic E-state index is 12.9. The number of aromatic nitrogens is 3. The molecule has 6 nitrogen and oxygen atoms in total. The van der Waals surface area contributed by atoms with Crippen LogP contribution in [0.2, 0.25) is 0 Å². The van der Waals surface area contributed by atoms with Crippen LogP contribution in [0.1, 0.15) is 39.7 Å². The van der Waals surface area contributed by atoms with Crippen LogP contribution < -0.4 is 0 Å². The first kappa shape index (κ1) is 15.8. The average molecular weight is 345 g/mol. The maximum Gasteiger partial charge on any atom is 0.273 e. The predicted octanol–water partition coefficient (Wildman–Crippen LogP) is 2.22. The third-order valence-corrected chi connectivity index (χ3v) is 5.97. The molecule has 2 atom stereocenters. The number of rotatable bonds is 3. The molecule has 24 heavy (non-hydrogen) atoms. The molecule has 1 amide bonds. The van der Waals surface area contributed by atoms with Gasteiger partial charge in [-0.3, -0.25) is 9.69 Å². The highest BCUT2D eigenvalue weighted by molar-refractivity contribution is 7.09. The van der Waals surface area contributed by atoms with Crippen molar-refractivity contribution in [1.29, 1.82) is 0 Å². The summed E-state index contributed by atoms with van der Waals surface area (Å²) >= 11 is 1.55. The lowest BCUT2D eigenvalue weighted by Gasteiger charge is -2.35. The summed E-state index contributed by atoms with van der Waals surface area (Å²) in [6, 6.07) is 0.289. The highest BCUT2D eigenvalue weighted by atomic mass is 32.1. The smallest absolute Gasteiger partial charge is 0.273 e. The summed E-state index contributed by atoms with van der Waals surface area (Å²) < 4.78 is 0. The Morgan fingerprint density at radius 3 is 2.92 bits per heavy atom. The van der Waals surface area contributed by atoms with Gasteiger partial charge in [-0.1, -0.05) is 0 Å². The highest BCUT2D eigenvalue weighted by Gasteiger charge is 2.38. The van der Waals surface area contributed by atoms with Crippen LogP contribution in [0.3, 0.4) is 0 Å². The molecule has 5 heterocycles. The number of hydrogen-bond acceptors (Lipinski definition) is 5. The quantitative estimate of drug-likeness (QED) is 0.926. The Hall–Kier alpha value is -1.73. The van der Waals surface area contributed by atoms with E-state index in [1.54, 1.807) is 17.7 Å². The van der Waals surface area contributed by atoms with Crippen LogP contribution in [-0.2, 0) is 6.54 Å². The molecule has 3 fully saturated rings. The molecule has 0 unspecified atom stereocenters. The van der Waals surface area contributed by atoms with E-state index in [1.165, 1.54) is 6.42 Å². The fraction of sp³-hybridized carbons (Fsp3) is 0.588. The van der Waals surface area contributed by atoms with Crippen molar-refractivity contribution in [2.75, 3.05) is 19.6 Å². The van der Waals surface area contributed by atoms with Gasteiger partial charge >= 0.3 is 0 Å². The standard InChI is InChI=1S/C17H23N5OS/c1-11-15(19-10-18-11)8-21-5-13-3-4-14(7-21)22(6-13)17(23)16-9-24-12(2)20-16/h9-10,13-14H,3-8H2,1-2H3,(H,18,19)/t13-,14+/m0/s1. The average Bonchev–Trinajstić information content (AvgIpc) is 3.06. The number of amides is 1. The number of H-pyrrole nitrogens is 1. The molecule has 0 saturated carbocycles. The number of aromatic amines is 1. The fourth-order valence-corrected chi connectivity index (χ4v) is 4.51. The Bertz CT molecular complexity index is 739. The topological polar surface area (TPSA) is 65.1 Å². The molecule has 2 aromatic heterocycles. The molecule has 0 spiro atoms. The van der Waals surface area contributed by atoms with Crippen molar-refractivity contribution in [2.24, 2.45) is 5.92 Å². The van der Waals surface area contributed by atoms with E-state index in [0.29, 0.717) is 11.6 Å². The lowest BCUT2D eigenvalue weighted by molar-refractivity contribution is 0.0579. The van der Waals surface area contributed by atoms with E-state index < -0.39 is 0 Å². The lowest BCUT2D eigenvalue weighted by atomic mass is 9.95. The van der Waals surface area contributed by atoms with E-state index >= 15 is 0 Å². The normalized spacial score (nSPS) is 24.3. The fourth-order valence-electron chi connectivity index (χ4n) is 3.92. The van der Waals surface area contributed by atoms with E-state index in [2.05, 4.69) is 31.7 Å². The Balaban J connectivity index is 1.50. The van der Waals surface area contributed by atoms with E-state index in [-0.39, 0.29) is 11.9 Å². The molecule has 5 rings (SSSR count). The minimum Gasteiger partial charge on any atom is -0.348 e. The number of imidazole rings is 1. The summed E-state index contributed by atoms with van der Waals surface area (Å²) in [5.74, 6) is 0.651. The second-order valence-corrected chi connectivity index (χ2v) is 8.04. The molecule has 3 aliphatic heterocycles. The van der Waals surface area contributed by atoms with Crippen molar-refractivity contribution >= 4 is 17.2 Å². The summed E-state index contributed by atoms with van der Waals surface area (Å²) in [4.78, 5) is 29.4. The third kappa shape index (κ3) is 2.98. The van der Waals surface area contributed by atoms with Gasteiger partial charge in [0.25, 0.3) is 5.91 Å². The molecule has 3 aliphatic rings. The first-order chi connectivity index (χ1) is 11.6. The van der Waals surface area contributed by atoms with Gasteiger partial charge in [-0.25, -0.2) is 9.97 Å². The Morgan fingerprint density at radius 1 is 1.33 bits per heavy atom. The summed E-state index contributed by atoms with van der Waals surface area (Å²) in [6.07, 6.45) is 4.06. The molecule has 3 saturated heterocycles. The number of aryl methyl sites for hydroxylation is 2. The van der Waals surface area contributed by atoms with Gasteiger partial charge in [0.05, 0.1) is 17.0 Å². The zero-order valence-electron chi connectivity index (χ0n) is 14.2. The number of carbonyl (C=O) groups excluding carboxylic acids is 1. The van der Waals surface area contributed by atoms with Crippen LogP contribution in [0.4, 0.5) is 0 Å². The second-order valence-electron chi connectivity index (χ2n) is 6.97. The molecule has 1 N–H and O–H groups in total. The summed E-state index contributed by atoms with van der Waals surface area (Å²) in [5, 5.41) is 2.84. The number of nitrogens with zero attached hydrogens (tertiary/aromatic N) is 4. The molecular formula is C17H23N5OS. The van der Waals surface area contributed by atoms with E-state index in [0.717, 1.165) is 49.0 Å². The van der Waals surface area contributed by atoms with Gasteiger partial charge in [0.2, 0.25) is 0 Å². The van der Waals surface area contributed by atoms with Gasteiger partial charge in [-0.2, -0.15) is 0 Å².